The monoisotopic (exact) mass is 609 g/mol. The topological polar surface area (TPSA) is 148 Å². The van der Waals surface area contributed by atoms with Gasteiger partial charge in [0.05, 0.1) is 32.5 Å². The Balaban J connectivity index is 1.54. The number of ether oxygens (including phenoxy) is 7. The Hall–Kier alpha value is -4.25. The maximum absolute atomic E-state index is 12.3. The predicted octanol–water partition coefficient (Wildman–Crippen LogP) is 2.40. The number of rotatable bonds is 10. The zero-order valence-electron chi connectivity index (χ0n) is 24.6. The van der Waals surface area contributed by atoms with Gasteiger partial charge in [-0.1, -0.05) is 48.8 Å². The van der Waals surface area contributed by atoms with Crippen molar-refractivity contribution in [2.45, 2.75) is 50.8 Å². The quantitative estimate of drug-likeness (QED) is 0.232. The van der Waals surface area contributed by atoms with E-state index in [-0.39, 0.29) is 49.2 Å². The number of fused-ring (bicyclic) bond motifs is 1. The van der Waals surface area contributed by atoms with Crippen LogP contribution in [0, 0.1) is 11.8 Å². The molecule has 2 aromatic rings. The van der Waals surface area contributed by atoms with Gasteiger partial charge < -0.3 is 43.6 Å². The fraction of sp³-hybridized carbons (Fsp3) is 0.406. The summed E-state index contributed by atoms with van der Waals surface area (Å²) in [5.74, 6) is 3.80. The Labute approximate surface area is 255 Å². The van der Waals surface area contributed by atoms with E-state index < -0.39 is 48.9 Å². The predicted molar refractivity (Wildman–Crippen MR) is 154 cm³/mol. The number of hydrogen-bond donors (Lipinski definition) is 2. The van der Waals surface area contributed by atoms with Crippen molar-refractivity contribution in [1.82, 2.24) is 5.32 Å². The molecule has 4 rings (SSSR count). The summed E-state index contributed by atoms with van der Waals surface area (Å²) in [6.45, 7) is 6.78. The number of hydrogen-bond acceptors (Lipinski definition) is 11. The van der Waals surface area contributed by atoms with Gasteiger partial charge >= 0.3 is 11.9 Å². The summed E-state index contributed by atoms with van der Waals surface area (Å²) in [6.07, 6.45) is -3.99. The van der Waals surface area contributed by atoms with Crippen molar-refractivity contribution in [2.75, 3.05) is 33.5 Å². The summed E-state index contributed by atoms with van der Waals surface area (Å²) in [6, 6.07) is 12.7. The number of methoxy groups -OCH3 is 1. The van der Waals surface area contributed by atoms with E-state index >= 15 is 0 Å². The molecule has 1 amide bonds. The van der Waals surface area contributed by atoms with Crippen molar-refractivity contribution in [3.63, 3.8) is 0 Å². The van der Waals surface area contributed by atoms with Crippen LogP contribution < -0.4 is 5.32 Å². The largest absolute Gasteiger partial charge is 0.507 e. The molecular weight excluding hydrogens is 574 g/mol. The van der Waals surface area contributed by atoms with E-state index in [1.54, 1.807) is 6.92 Å². The van der Waals surface area contributed by atoms with Crippen molar-refractivity contribution in [2.24, 2.45) is 0 Å². The Morgan fingerprint density at radius 3 is 2.59 bits per heavy atom. The summed E-state index contributed by atoms with van der Waals surface area (Å²) in [5, 5.41) is 12.8. The lowest BCUT2D eigenvalue weighted by molar-refractivity contribution is -0.346. The number of carbonyl (C=O) groups excluding carboxylic acids is 3. The molecule has 2 fully saturated rings. The molecule has 0 bridgehead atoms. The van der Waals surface area contributed by atoms with Gasteiger partial charge in [0.25, 0.3) is 0 Å². The highest BCUT2D eigenvalue weighted by molar-refractivity contribution is 5.92. The van der Waals surface area contributed by atoms with E-state index in [9.17, 15) is 19.5 Å². The molecule has 12 heteroatoms. The van der Waals surface area contributed by atoms with Crippen molar-refractivity contribution in [1.29, 1.82) is 0 Å². The van der Waals surface area contributed by atoms with Crippen LogP contribution in [-0.2, 0) is 42.7 Å². The molecule has 0 unspecified atom stereocenters. The van der Waals surface area contributed by atoms with E-state index in [0.29, 0.717) is 5.56 Å². The zero-order chi connectivity index (χ0) is 31.6. The van der Waals surface area contributed by atoms with Gasteiger partial charge in [0, 0.05) is 18.1 Å². The highest BCUT2D eigenvalue weighted by Crippen LogP contribution is 2.36. The summed E-state index contributed by atoms with van der Waals surface area (Å²) < 4.78 is 40.3. The molecule has 2 aliphatic heterocycles. The van der Waals surface area contributed by atoms with Gasteiger partial charge in [0.15, 0.2) is 12.6 Å². The molecule has 12 nitrogen and oxygen atoms in total. The highest BCUT2D eigenvalue weighted by Gasteiger charge is 2.51. The average Bonchev–Trinajstić information content (AvgIpc) is 3.02. The normalized spacial score (nSPS) is 24.2. The molecule has 2 heterocycles. The van der Waals surface area contributed by atoms with E-state index in [1.165, 1.54) is 32.2 Å². The van der Waals surface area contributed by atoms with E-state index in [1.807, 2.05) is 30.3 Å². The number of carbonyl (C=O) groups is 3. The van der Waals surface area contributed by atoms with Crippen molar-refractivity contribution >= 4 is 17.8 Å². The molecule has 44 heavy (non-hydrogen) atoms. The van der Waals surface area contributed by atoms with Crippen molar-refractivity contribution < 1.29 is 52.6 Å². The second-order valence-corrected chi connectivity index (χ2v) is 9.88. The minimum atomic E-state index is -1.04. The van der Waals surface area contributed by atoms with Crippen molar-refractivity contribution in [3.05, 3.63) is 77.4 Å². The first-order valence-corrected chi connectivity index (χ1v) is 13.9. The van der Waals surface area contributed by atoms with Crippen LogP contribution in [0.15, 0.2) is 60.7 Å². The fourth-order valence-corrected chi connectivity index (χ4v) is 4.72. The summed E-state index contributed by atoms with van der Waals surface area (Å²) in [5.41, 5.74) is 1.29. The molecule has 2 N–H and O–H groups in total. The van der Waals surface area contributed by atoms with Crippen LogP contribution in [0.25, 0.3) is 0 Å². The van der Waals surface area contributed by atoms with E-state index in [2.05, 4.69) is 28.5 Å². The molecule has 0 radical (unpaired) electrons. The van der Waals surface area contributed by atoms with Gasteiger partial charge in [-0.15, -0.1) is 0 Å². The number of esters is 2. The molecule has 2 aromatic carbocycles. The molecule has 2 saturated heterocycles. The molecular formula is C32H35NO11. The first-order valence-electron chi connectivity index (χ1n) is 13.9. The minimum absolute atomic E-state index is 0.0249. The van der Waals surface area contributed by atoms with Gasteiger partial charge in [-0.05, 0) is 25.1 Å². The molecule has 6 atom stereocenters. The van der Waals surface area contributed by atoms with Gasteiger partial charge in [0.1, 0.15) is 42.3 Å². The lowest BCUT2D eigenvalue weighted by atomic mass is 9.95. The SMILES string of the molecule is C=C(CO[C@H]1[C@H](NC(C)=O)[C@H](OCC#Cc2ccc(O)c(C(=O)OC)c2)O[C@@H]2CO[C@H](c3ccccc3)O[C@@H]12)C(=O)OCC. The molecule has 0 aliphatic carbocycles. The number of phenols is 1. The third-order valence-electron chi connectivity index (χ3n) is 6.75. The third-order valence-corrected chi connectivity index (χ3v) is 6.75. The van der Waals surface area contributed by atoms with E-state index in [0.717, 1.165) is 5.56 Å². The van der Waals surface area contributed by atoms with Gasteiger partial charge in [-0.25, -0.2) is 9.59 Å². The van der Waals surface area contributed by atoms with E-state index in [4.69, 9.17) is 28.4 Å². The lowest BCUT2D eigenvalue weighted by Crippen LogP contribution is -2.67. The lowest BCUT2D eigenvalue weighted by Gasteiger charge is -2.49. The molecule has 0 spiro atoms. The second-order valence-electron chi connectivity index (χ2n) is 9.88. The maximum atomic E-state index is 12.3. The Morgan fingerprint density at radius 1 is 1.11 bits per heavy atom. The fourth-order valence-electron chi connectivity index (χ4n) is 4.72. The Bertz CT molecular complexity index is 1400. The van der Waals surface area contributed by atoms with Gasteiger partial charge in [0.2, 0.25) is 5.91 Å². The van der Waals surface area contributed by atoms with Crippen LogP contribution >= 0.6 is 0 Å². The third kappa shape index (κ3) is 8.22. The summed E-state index contributed by atoms with van der Waals surface area (Å²) >= 11 is 0. The molecule has 2 aliphatic rings. The number of amides is 1. The van der Waals surface area contributed by atoms with Crippen LogP contribution in [0.3, 0.4) is 0 Å². The highest BCUT2D eigenvalue weighted by atomic mass is 16.7. The Morgan fingerprint density at radius 2 is 1.89 bits per heavy atom. The van der Waals surface area contributed by atoms with Gasteiger partial charge in [-0.3, -0.25) is 4.79 Å². The molecule has 0 saturated carbocycles. The number of benzene rings is 2. The minimum Gasteiger partial charge on any atom is -0.507 e. The summed E-state index contributed by atoms with van der Waals surface area (Å²) in [4.78, 5) is 36.4. The molecule has 0 aromatic heterocycles. The van der Waals surface area contributed by atoms with Gasteiger partial charge in [-0.2, -0.15) is 0 Å². The van der Waals surface area contributed by atoms with Crippen LogP contribution in [0.4, 0.5) is 0 Å². The maximum Gasteiger partial charge on any atom is 0.341 e. The smallest absolute Gasteiger partial charge is 0.341 e. The van der Waals surface area contributed by atoms with Crippen molar-refractivity contribution in [3.8, 4) is 17.6 Å². The van der Waals surface area contributed by atoms with Crippen LogP contribution in [0.1, 0.15) is 41.6 Å². The number of nitrogens with one attached hydrogen (secondary N) is 1. The van der Waals surface area contributed by atoms with Crippen LogP contribution in [-0.4, -0.2) is 87.1 Å². The standard InChI is InChI=1S/C32H35NO11/c1-5-39-29(36)19(2)17-41-28-26(33-20(3)34)32(40-15-9-10-21-13-14-24(35)23(16-21)30(37)38-4)43-25-18-42-31(44-27(25)28)22-11-7-6-8-12-22/h6-8,11-14,16,25-28,31-32,35H,2,5,15,17-18H2,1,3-4H3,(H,33,34)/t25-,26+,27-,28+,31+,32-/m1/s1. The first kappa shape index (κ1) is 32.7. The second kappa shape index (κ2) is 15.5. The average molecular weight is 610 g/mol. The zero-order valence-corrected chi connectivity index (χ0v) is 24.6. The first-order chi connectivity index (χ1) is 21.2. The molecule has 234 valence electrons. The Kier molecular flexibility index (Phi) is 11.5. The van der Waals surface area contributed by atoms with Crippen LogP contribution in [0.5, 0.6) is 5.75 Å². The summed E-state index contributed by atoms with van der Waals surface area (Å²) in [7, 11) is 1.21. The number of phenolic OH excluding ortho intramolecular Hbond substituents is 1. The van der Waals surface area contributed by atoms with Crippen LogP contribution in [0.2, 0.25) is 0 Å². The number of aromatic hydroxyl groups is 1.